The predicted molar refractivity (Wildman–Crippen MR) is 65.6 cm³/mol. The molecule has 1 aromatic rings. The van der Waals surface area contributed by atoms with Gasteiger partial charge in [-0.1, -0.05) is 19.1 Å². The summed E-state index contributed by atoms with van der Waals surface area (Å²) in [5, 5.41) is 0. The molecule has 0 aliphatic heterocycles. The van der Waals surface area contributed by atoms with E-state index in [1.165, 1.54) is 24.0 Å². The second kappa shape index (κ2) is 4.79. The molecule has 1 aliphatic rings. The number of rotatable bonds is 3. The largest absolute Gasteiger partial charge is 0.330 e. The van der Waals surface area contributed by atoms with Crippen LogP contribution in [0.4, 0.5) is 0 Å². The molecule has 1 unspecified atom stereocenters. The van der Waals surface area contributed by atoms with Gasteiger partial charge in [0.05, 0.1) is 0 Å². The molecule has 0 aromatic heterocycles. The Bertz CT molecular complexity index is 398. The maximum atomic E-state index is 12.0. The van der Waals surface area contributed by atoms with E-state index >= 15 is 0 Å². The van der Waals surface area contributed by atoms with Crippen molar-refractivity contribution in [1.29, 1.82) is 0 Å². The highest BCUT2D eigenvalue weighted by atomic mass is 16.1. The third-order valence-electron chi connectivity index (χ3n) is 3.43. The molecule has 0 saturated carbocycles. The summed E-state index contributed by atoms with van der Waals surface area (Å²) in [6.07, 6.45) is 4.81. The summed E-state index contributed by atoms with van der Waals surface area (Å²) in [5.74, 6) is 0.109. The third kappa shape index (κ3) is 2.17. The summed E-state index contributed by atoms with van der Waals surface area (Å²) < 4.78 is 0. The van der Waals surface area contributed by atoms with Gasteiger partial charge in [0.2, 0.25) is 0 Å². The molecule has 16 heavy (non-hydrogen) atoms. The quantitative estimate of drug-likeness (QED) is 0.790. The number of carbonyl (C=O) groups excluding carboxylic acids is 1. The lowest BCUT2D eigenvalue weighted by atomic mass is 9.88. The number of nitrogens with two attached hydrogens (primary N) is 1. The molecule has 0 radical (unpaired) electrons. The van der Waals surface area contributed by atoms with Crippen LogP contribution in [0.15, 0.2) is 18.2 Å². The van der Waals surface area contributed by atoms with Crippen LogP contribution in [0.25, 0.3) is 0 Å². The van der Waals surface area contributed by atoms with Crippen molar-refractivity contribution in [2.45, 2.75) is 32.6 Å². The molecule has 86 valence electrons. The Hall–Kier alpha value is -1.15. The van der Waals surface area contributed by atoms with Gasteiger partial charge in [-0.15, -0.1) is 0 Å². The first-order valence-corrected chi connectivity index (χ1v) is 6.08. The SMILES string of the molecule is CC(CN)C(=O)c1ccc2c(c1)CCCC2. The zero-order valence-corrected chi connectivity index (χ0v) is 9.83. The van der Waals surface area contributed by atoms with Crippen LogP contribution >= 0.6 is 0 Å². The third-order valence-corrected chi connectivity index (χ3v) is 3.43. The molecular formula is C14H19NO. The van der Waals surface area contributed by atoms with Gasteiger partial charge in [0.25, 0.3) is 0 Å². The van der Waals surface area contributed by atoms with E-state index in [9.17, 15) is 4.79 Å². The lowest BCUT2D eigenvalue weighted by molar-refractivity contribution is 0.0934. The fourth-order valence-electron chi connectivity index (χ4n) is 2.28. The van der Waals surface area contributed by atoms with E-state index < -0.39 is 0 Å². The number of benzene rings is 1. The average molecular weight is 217 g/mol. The molecule has 2 N–H and O–H groups in total. The van der Waals surface area contributed by atoms with Crippen LogP contribution in [-0.4, -0.2) is 12.3 Å². The molecule has 0 amide bonds. The van der Waals surface area contributed by atoms with E-state index in [-0.39, 0.29) is 11.7 Å². The first-order valence-electron chi connectivity index (χ1n) is 6.08. The second-order valence-corrected chi connectivity index (χ2v) is 4.69. The number of Topliss-reactive ketones (excluding diaryl/α,β-unsaturated/α-hetero) is 1. The summed E-state index contributed by atoms with van der Waals surface area (Å²) in [4.78, 5) is 12.0. The molecule has 2 heteroatoms. The minimum atomic E-state index is -0.0679. The van der Waals surface area contributed by atoms with Crippen molar-refractivity contribution in [3.05, 3.63) is 34.9 Å². The molecular weight excluding hydrogens is 198 g/mol. The molecule has 0 saturated heterocycles. The first kappa shape index (κ1) is 11.3. The number of hydrogen-bond acceptors (Lipinski definition) is 2. The van der Waals surface area contributed by atoms with E-state index in [1.54, 1.807) is 0 Å². The van der Waals surface area contributed by atoms with Crippen molar-refractivity contribution in [1.82, 2.24) is 0 Å². The van der Waals surface area contributed by atoms with Crippen molar-refractivity contribution >= 4 is 5.78 Å². The predicted octanol–water partition coefficient (Wildman–Crippen LogP) is 2.34. The van der Waals surface area contributed by atoms with E-state index in [2.05, 4.69) is 12.1 Å². The van der Waals surface area contributed by atoms with Gasteiger partial charge >= 0.3 is 0 Å². The van der Waals surface area contributed by atoms with Gasteiger partial charge in [-0.25, -0.2) is 0 Å². The van der Waals surface area contributed by atoms with Gasteiger partial charge in [-0.2, -0.15) is 0 Å². The van der Waals surface area contributed by atoms with Crippen molar-refractivity contribution in [2.24, 2.45) is 11.7 Å². The van der Waals surface area contributed by atoms with Gasteiger partial charge in [0.1, 0.15) is 0 Å². The highest BCUT2D eigenvalue weighted by Crippen LogP contribution is 2.23. The molecule has 0 fully saturated rings. The van der Waals surface area contributed by atoms with Crippen molar-refractivity contribution in [3.8, 4) is 0 Å². The van der Waals surface area contributed by atoms with E-state index in [4.69, 9.17) is 5.73 Å². The van der Waals surface area contributed by atoms with Crippen molar-refractivity contribution < 1.29 is 4.79 Å². The van der Waals surface area contributed by atoms with E-state index in [1.807, 2.05) is 13.0 Å². The Labute approximate surface area is 96.8 Å². The van der Waals surface area contributed by atoms with Gasteiger partial charge in [0, 0.05) is 18.0 Å². The molecule has 0 bridgehead atoms. The zero-order chi connectivity index (χ0) is 11.5. The number of hydrogen-bond donors (Lipinski definition) is 1. The monoisotopic (exact) mass is 217 g/mol. The second-order valence-electron chi connectivity index (χ2n) is 4.69. The maximum Gasteiger partial charge on any atom is 0.166 e. The first-order chi connectivity index (χ1) is 7.72. The van der Waals surface area contributed by atoms with Gasteiger partial charge in [-0.05, 0) is 42.9 Å². The average Bonchev–Trinajstić information content (AvgIpc) is 2.36. The Morgan fingerprint density at radius 1 is 1.31 bits per heavy atom. The Morgan fingerprint density at radius 2 is 2.00 bits per heavy atom. The van der Waals surface area contributed by atoms with Crippen molar-refractivity contribution in [2.75, 3.05) is 6.54 Å². The molecule has 2 rings (SSSR count). The molecule has 1 aliphatic carbocycles. The van der Waals surface area contributed by atoms with Crippen LogP contribution in [0, 0.1) is 5.92 Å². The van der Waals surface area contributed by atoms with Crippen LogP contribution in [0.2, 0.25) is 0 Å². The van der Waals surface area contributed by atoms with Gasteiger partial charge < -0.3 is 5.73 Å². The standard InChI is InChI=1S/C14H19NO/c1-10(9-15)14(16)13-7-6-11-4-2-3-5-12(11)8-13/h6-8,10H,2-5,9,15H2,1H3. The Balaban J connectivity index is 2.26. The number of ketones is 1. The Morgan fingerprint density at radius 3 is 2.69 bits per heavy atom. The summed E-state index contributed by atoms with van der Waals surface area (Å²) >= 11 is 0. The summed E-state index contributed by atoms with van der Waals surface area (Å²) in [5.41, 5.74) is 9.14. The van der Waals surface area contributed by atoms with Crippen LogP contribution in [0.1, 0.15) is 41.3 Å². The fourth-order valence-corrected chi connectivity index (χ4v) is 2.28. The lowest BCUT2D eigenvalue weighted by Gasteiger charge is -2.17. The van der Waals surface area contributed by atoms with Crippen LogP contribution in [0.3, 0.4) is 0 Å². The minimum Gasteiger partial charge on any atom is -0.330 e. The normalized spacial score (nSPS) is 16.6. The smallest absolute Gasteiger partial charge is 0.166 e. The van der Waals surface area contributed by atoms with Crippen LogP contribution in [-0.2, 0) is 12.8 Å². The minimum absolute atomic E-state index is 0.0679. The highest BCUT2D eigenvalue weighted by Gasteiger charge is 2.16. The van der Waals surface area contributed by atoms with E-state index in [0.29, 0.717) is 6.54 Å². The molecule has 1 atom stereocenters. The molecule has 2 nitrogen and oxygen atoms in total. The molecule has 0 spiro atoms. The van der Waals surface area contributed by atoms with Gasteiger partial charge in [-0.3, -0.25) is 4.79 Å². The lowest BCUT2D eigenvalue weighted by Crippen LogP contribution is -2.21. The topological polar surface area (TPSA) is 43.1 Å². The highest BCUT2D eigenvalue weighted by molar-refractivity contribution is 5.98. The summed E-state index contributed by atoms with van der Waals surface area (Å²) in [6, 6.07) is 6.15. The fraction of sp³-hybridized carbons (Fsp3) is 0.500. The zero-order valence-electron chi connectivity index (χ0n) is 9.83. The van der Waals surface area contributed by atoms with E-state index in [0.717, 1.165) is 18.4 Å². The van der Waals surface area contributed by atoms with Crippen LogP contribution < -0.4 is 5.73 Å². The molecule has 1 aromatic carbocycles. The number of carbonyl (C=O) groups is 1. The Kier molecular flexibility index (Phi) is 3.39. The van der Waals surface area contributed by atoms with Crippen molar-refractivity contribution in [3.63, 3.8) is 0 Å². The summed E-state index contributed by atoms with van der Waals surface area (Å²) in [7, 11) is 0. The van der Waals surface area contributed by atoms with Gasteiger partial charge in [0.15, 0.2) is 5.78 Å². The number of fused-ring (bicyclic) bond motifs is 1. The maximum absolute atomic E-state index is 12.0. The van der Waals surface area contributed by atoms with Crippen LogP contribution in [0.5, 0.6) is 0 Å². The molecule has 0 heterocycles. The number of aryl methyl sites for hydroxylation is 2. The summed E-state index contributed by atoms with van der Waals surface area (Å²) in [6.45, 7) is 2.32.